The third-order valence-electron chi connectivity index (χ3n) is 26.2. The van der Waals surface area contributed by atoms with E-state index in [1.807, 2.05) is 18.2 Å². The van der Waals surface area contributed by atoms with Gasteiger partial charge in [-0.2, -0.15) is 18.3 Å². The summed E-state index contributed by atoms with van der Waals surface area (Å²) in [7, 11) is 8.25. The molecule has 0 atom stereocenters. The summed E-state index contributed by atoms with van der Waals surface area (Å²) >= 11 is 0. The van der Waals surface area contributed by atoms with Gasteiger partial charge in [-0.25, -0.2) is 35.8 Å². The SMILES string of the molecule is Cc1cc2c(cc1-c1n(-c3c(-c4ccccc4)cccc3-c3ccccc3)cc[n+]1C)oc1cc(F)ccc12.Cc1cc2c(cc1-c1n(-c3c(C(C)C)cccc3C(C)C)cc[n+]1C)oc1cc(F)ccc12.Cc1cc2c(cc1-c1n(-c3ccccc3-c3ccccc3)cc[n+]1C)oc1cc(F)ccc12.Cc1cc2c(cc1-c1n(-c3ccccc3C(C)C)cc[n+]1C)oc1cc(F)ccc12. The second kappa shape index (κ2) is 35.6. The van der Waals surface area contributed by atoms with Crippen LogP contribution in [0.15, 0.2) is 364 Å². The molecule has 8 aromatic heterocycles. The molecule has 0 spiro atoms. The van der Waals surface area contributed by atoms with Crippen LogP contribution >= 0.6 is 0 Å². The van der Waals surface area contributed by atoms with Crippen molar-refractivity contribution in [3.8, 4) is 102 Å². The topological polar surface area (TPSA) is 87.8 Å². The number of fused-ring (bicyclic) bond motifs is 12. The van der Waals surface area contributed by atoms with Crippen LogP contribution in [-0.2, 0) is 28.2 Å². The molecule has 15 aromatic carbocycles. The van der Waals surface area contributed by atoms with Crippen LogP contribution in [0, 0.1) is 51.0 Å². The Kier molecular flexibility index (Phi) is 23.0. The quantitative estimate of drug-likeness (QED) is 0.0802. The molecule has 0 aliphatic carbocycles. The summed E-state index contributed by atoms with van der Waals surface area (Å²) < 4.78 is 97.0. The Bertz CT molecular complexity index is 8420. The Hall–Kier alpha value is -15.9. The highest BCUT2D eigenvalue weighted by atomic mass is 19.1. The number of halogens is 4. The van der Waals surface area contributed by atoms with Gasteiger partial charge < -0.3 is 17.7 Å². The Labute approximate surface area is 780 Å². The van der Waals surface area contributed by atoms with Crippen LogP contribution in [-0.4, -0.2) is 18.3 Å². The molecule has 0 bridgehead atoms. The van der Waals surface area contributed by atoms with Crippen LogP contribution in [0.25, 0.3) is 189 Å². The summed E-state index contributed by atoms with van der Waals surface area (Å²) in [6, 6.07) is 97.3. The number of aryl methyl sites for hydroxylation is 8. The maximum Gasteiger partial charge on any atom is 0.294 e. The number of hydrogen-bond donors (Lipinski definition) is 0. The van der Waals surface area contributed by atoms with E-state index < -0.39 is 0 Å². The van der Waals surface area contributed by atoms with E-state index in [-0.39, 0.29) is 23.3 Å². The lowest BCUT2D eigenvalue weighted by Crippen LogP contribution is -2.29. The average molecular weight is 1780 g/mol. The zero-order valence-corrected chi connectivity index (χ0v) is 77.9. The van der Waals surface area contributed by atoms with Crippen LogP contribution in [0.2, 0.25) is 0 Å². The van der Waals surface area contributed by atoms with Gasteiger partial charge in [-0.3, -0.25) is 0 Å². The molecule has 12 nitrogen and oxygen atoms in total. The number of benzene rings is 15. The first-order valence-corrected chi connectivity index (χ1v) is 45.8. The standard InChI is InChI=1S/C35H26FN2O.C29H22FN2O.C29H30FN2O.C26H24FN2O/c1-23-20-31-29-17-16-26(36)21-32(29)39-33(31)22-30(23)35-37(2)18-19-38(35)34-27(24-10-5-3-6-11-24)14-9-15-28(34)25-12-7-4-8-13-25;1-19-16-25-23-13-12-21(30)17-27(23)33-28(25)18-24(19)29-31(2)14-15-32(29)26-11-7-6-10-22(26)20-8-4-3-5-9-20;1-17(2)21-8-7-9-22(18(3)4)28(21)32-13-12-31(6)29(32)24-16-27-25(14-19(24)5)23-11-10-20(30)15-26(23)33-27;1-16(2)19-7-5-6-8-23(19)29-12-11-28(4)26(29)21-15-25-22(13-17(21)3)20-10-9-18(27)14-24(20)30-25/h3-22H,1-2H3;3-18H,1-2H3;7-18H,1-6H3;5-16H,1-4H3/q4*+1. The molecule has 16 heteroatoms. The predicted molar refractivity (Wildman–Crippen MR) is 536 cm³/mol. The minimum absolute atomic E-state index is 0.287. The van der Waals surface area contributed by atoms with Crippen molar-refractivity contribution in [2.24, 2.45) is 28.2 Å². The molecule has 23 aromatic rings. The van der Waals surface area contributed by atoms with Crippen molar-refractivity contribution in [1.29, 1.82) is 0 Å². The van der Waals surface area contributed by atoms with Gasteiger partial charge in [-0.15, -0.1) is 0 Å². The second-order valence-corrected chi connectivity index (χ2v) is 36.2. The summed E-state index contributed by atoms with van der Waals surface area (Å²) in [5.74, 6) is 4.28. The van der Waals surface area contributed by atoms with Crippen LogP contribution in [0.3, 0.4) is 0 Å². The second-order valence-electron chi connectivity index (χ2n) is 36.2. The first-order valence-electron chi connectivity index (χ1n) is 45.8. The molecule has 0 N–H and O–H groups in total. The largest absolute Gasteiger partial charge is 0.456 e. The highest BCUT2D eigenvalue weighted by Crippen LogP contribution is 2.45. The molecule has 0 fully saturated rings. The Balaban J connectivity index is 0.000000112. The van der Waals surface area contributed by atoms with Crippen molar-refractivity contribution < 1.29 is 53.5 Å². The first kappa shape index (κ1) is 87.1. The van der Waals surface area contributed by atoms with Crippen molar-refractivity contribution >= 4 is 87.8 Å². The van der Waals surface area contributed by atoms with Gasteiger partial charge in [0.05, 0.1) is 50.4 Å². The van der Waals surface area contributed by atoms with Crippen molar-refractivity contribution in [3.63, 3.8) is 0 Å². The van der Waals surface area contributed by atoms with Crippen molar-refractivity contribution in [2.75, 3.05) is 0 Å². The normalized spacial score (nSPS) is 11.7. The summed E-state index contributed by atoms with van der Waals surface area (Å²) in [4.78, 5) is 0. The van der Waals surface area contributed by atoms with Gasteiger partial charge in [0.2, 0.25) is 0 Å². The molecule has 23 rings (SSSR count). The van der Waals surface area contributed by atoms with Crippen molar-refractivity contribution in [1.82, 2.24) is 18.3 Å². The zero-order valence-electron chi connectivity index (χ0n) is 77.9. The molecular formula is C119H102F4N8O4+4. The highest BCUT2D eigenvalue weighted by Gasteiger charge is 2.33. The molecule has 666 valence electrons. The van der Waals surface area contributed by atoms with E-state index in [9.17, 15) is 17.6 Å². The van der Waals surface area contributed by atoms with Gasteiger partial charge >= 0.3 is 0 Å². The van der Waals surface area contributed by atoms with E-state index >= 15 is 0 Å². The van der Waals surface area contributed by atoms with Crippen LogP contribution < -0.4 is 18.3 Å². The maximum absolute atomic E-state index is 13.9. The highest BCUT2D eigenvalue weighted by molar-refractivity contribution is 6.10. The Morgan fingerprint density at radius 1 is 0.230 bits per heavy atom. The van der Waals surface area contributed by atoms with Gasteiger partial charge in [-0.1, -0.05) is 205 Å². The minimum Gasteiger partial charge on any atom is -0.456 e. The first-order chi connectivity index (χ1) is 65.4. The monoisotopic (exact) mass is 1780 g/mol. The number of furan rings is 4. The fraction of sp³-hybridized carbons (Fsp3) is 0.143. The maximum atomic E-state index is 13.9. The number of rotatable bonds is 14. The number of hydrogen-bond acceptors (Lipinski definition) is 4. The van der Waals surface area contributed by atoms with E-state index in [0.29, 0.717) is 40.1 Å². The van der Waals surface area contributed by atoms with E-state index in [2.05, 4.69) is 390 Å². The van der Waals surface area contributed by atoms with Gasteiger partial charge in [0.25, 0.3) is 23.3 Å². The number of aromatic nitrogens is 8. The molecule has 0 radical (unpaired) electrons. The third-order valence-corrected chi connectivity index (χ3v) is 26.2. The van der Waals surface area contributed by atoms with Crippen molar-refractivity contribution in [2.45, 2.75) is 87.0 Å². The number of nitrogens with zero attached hydrogens (tertiary/aromatic N) is 8. The predicted octanol–water partition coefficient (Wildman–Crippen LogP) is 29.6. The molecule has 0 amide bonds. The van der Waals surface area contributed by atoms with Crippen LogP contribution in [0.5, 0.6) is 0 Å². The Morgan fingerprint density at radius 2 is 0.489 bits per heavy atom. The molecule has 0 aliphatic heterocycles. The van der Waals surface area contributed by atoms with E-state index in [1.165, 1.54) is 82.2 Å². The minimum atomic E-state index is -0.301. The van der Waals surface area contributed by atoms with Gasteiger partial charge in [0.1, 0.15) is 140 Å². The molecule has 0 unspecified atom stereocenters. The average Bonchev–Trinajstić information content (AvgIpc) is 1.62. The van der Waals surface area contributed by atoms with Gasteiger partial charge in [0, 0.05) is 101 Å². The fourth-order valence-corrected chi connectivity index (χ4v) is 19.6. The number of imidazole rings is 4. The summed E-state index contributed by atoms with van der Waals surface area (Å²) in [5.41, 5.74) is 29.7. The summed E-state index contributed by atoms with van der Waals surface area (Å²) in [5, 5.41) is 7.72. The van der Waals surface area contributed by atoms with E-state index in [4.69, 9.17) is 17.7 Å². The van der Waals surface area contributed by atoms with Crippen LogP contribution in [0.4, 0.5) is 17.6 Å². The zero-order chi connectivity index (χ0) is 93.5. The third kappa shape index (κ3) is 16.1. The number of para-hydroxylation sites is 4. The molecular weight excluding hydrogens is 1680 g/mol. The van der Waals surface area contributed by atoms with Crippen LogP contribution in [0.1, 0.15) is 98.2 Å². The van der Waals surface area contributed by atoms with Gasteiger partial charge in [0.15, 0.2) is 0 Å². The summed E-state index contributed by atoms with van der Waals surface area (Å²) in [6.07, 6.45) is 16.8. The Morgan fingerprint density at radius 3 is 0.837 bits per heavy atom. The molecule has 8 heterocycles. The molecule has 0 saturated heterocycles. The molecule has 0 aliphatic rings. The fourth-order valence-electron chi connectivity index (χ4n) is 19.6. The lowest BCUT2D eigenvalue weighted by molar-refractivity contribution is -0.659. The lowest BCUT2D eigenvalue weighted by Gasteiger charge is -2.18. The van der Waals surface area contributed by atoms with E-state index in [1.54, 1.807) is 24.3 Å². The van der Waals surface area contributed by atoms with Crippen molar-refractivity contribution in [3.05, 3.63) is 409 Å². The smallest absolute Gasteiger partial charge is 0.294 e. The van der Waals surface area contributed by atoms with Gasteiger partial charge in [-0.05, 0) is 194 Å². The molecule has 135 heavy (non-hydrogen) atoms. The summed E-state index contributed by atoms with van der Waals surface area (Å²) in [6.45, 7) is 21.9. The van der Waals surface area contributed by atoms with E-state index in [0.717, 1.165) is 172 Å². The molecule has 0 saturated carbocycles. The lowest BCUT2D eigenvalue weighted by atomic mass is 9.92.